The van der Waals surface area contributed by atoms with E-state index in [9.17, 15) is 4.79 Å². The number of carbonyl (C=O) groups excluding carboxylic acids is 1. The van der Waals surface area contributed by atoms with Crippen LogP contribution in [0.4, 0.5) is 5.82 Å². The van der Waals surface area contributed by atoms with Crippen LogP contribution in [-0.4, -0.2) is 17.4 Å². The molecule has 1 amide bonds. The van der Waals surface area contributed by atoms with E-state index in [1.165, 1.54) is 6.20 Å². The third-order valence-corrected chi connectivity index (χ3v) is 2.82. The van der Waals surface area contributed by atoms with E-state index in [0.717, 1.165) is 19.3 Å². The number of hydrogen-bond acceptors (Lipinski definition) is 2. The molecule has 0 aliphatic heterocycles. The van der Waals surface area contributed by atoms with Crippen LogP contribution in [0.5, 0.6) is 0 Å². The summed E-state index contributed by atoms with van der Waals surface area (Å²) in [6.07, 6.45) is 4.30. The molecule has 1 aliphatic carbocycles. The zero-order valence-electron chi connectivity index (χ0n) is 7.28. The Kier molecular flexibility index (Phi) is 2.61. The van der Waals surface area contributed by atoms with Crippen LogP contribution in [0.1, 0.15) is 12.8 Å². The molecule has 0 aromatic carbocycles. The number of aromatic nitrogens is 1. The maximum absolute atomic E-state index is 10.8. The summed E-state index contributed by atoms with van der Waals surface area (Å²) >= 11 is 11.5. The smallest absolute Gasteiger partial charge is 0.215 e. The van der Waals surface area contributed by atoms with Crippen molar-refractivity contribution in [2.45, 2.75) is 18.9 Å². The predicted molar refractivity (Wildman–Crippen MR) is 55.8 cm³/mol. The Balaban J connectivity index is 2.29. The third kappa shape index (κ3) is 1.83. The summed E-state index contributed by atoms with van der Waals surface area (Å²) in [7, 11) is 0. The molecule has 1 aromatic rings. The van der Waals surface area contributed by atoms with Gasteiger partial charge in [0.15, 0.2) is 0 Å². The average molecular weight is 231 g/mol. The monoisotopic (exact) mass is 230 g/mol. The number of amides is 1. The minimum Gasteiger partial charge on any atom is -0.296 e. The molecular formula is C9H8Cl2N2O. The highest BCUT2D eigenvalue weighted by Crippen LogP contribution is 2.31. The van der Waals surface area contributed by atoms with E-state index in [-0.39, 0.29) is 6.04 Å². The first-order valence-electron chi connectivity index (χ1n) is 4.27. The standard InChI is InChI=1S/C9H8Cl2N2O/c10-7-3-9(12-4-8(7)11)13(5-14)6-1-2-6/h3-6H,1-2H2. The molecule has 3 nitrogen and oxygen atoms in total. The van der Waals surface area contributed by atoms with Gasteiger partial charge in [0.2, 0.25) is 6.41 Å². The van der Waals surface area contributed by atoms with Crippen LogP contribution in [0.3, 0.4) is 0 Å². The number of pyridine rings is 1. The van der Waals surface area contributed by atoms with Crippen LogP contribution in [-0.2, 0) is 4.79 Å². The van der Waals surface area contributed by atoms with Crippen molar-refractivity contribution in [1.82, 2.24) is 4.98 Å². The van der Waals surface area contributed by atoms with E-state index in [0.29, 0.717) is 15.9 Å². The van der Waals surface area contributed by atoms with Crippen LogP contribution in [0.2, 0.25) is 10.0 Å². The molecule has 0 N–H and O–H groups in total. The Morgan fingerprint density at radius 3 is 2.64 bits per heavy atom. The molecule has 0 radical (unpaired) electrons. The Morgan fingerprint density at radius 2 is 2.14 bits per heavy atom. The van der Waals surface area contributed by atoms with Crippen molar-refractivity contribution >= 4 is 35.4 Å². The summed E-state index contributed by atoms with van der Waals surface area (Å²) in [5, 5.41) is 0.821. The molecule has 0 unspecified atom stereocenters. The highest BCUT2D eigenvalue weighted by Gasteiger charge is 2.29. The van der Waals surface area contributed by atoms with Crippen LogP contribution < -0.4 is 4.90 Å². The maximum Gasteiger partial charge on any atom is 0.215 e. The fourth-order valence-electron chi connectivity index (χ4n) is 1.23. The molecule has 0 saturated heterocycles. The second-order valence-corrected chi connectivity index (χ2v) is 4.01. The summed E-state index contributed by atoms with van der Waals surface area (Å²) in [4.78, 5) is 16.4. The molecule has 2 rings (SSSR count). The van der Waals surface area contributed by atoms with Gasteiger partial charge < -0.3 is 0 Å². The van der Waals surface area contributed by atoms with Crippen molar-refractivity contribution < 1.29 is 4.79 Å². The Labute approximate surface area is 91.6 Å². The molecule has 1 aliphatic rings. The molecule has 0 atom stereocenters. The molecule has 14 heavy (non-hydrogen) atoms. The van der Waals surface area contributed by atoms with Crippen molar-refractivity contribution in [3.63, 3.8) is 0 Å². The Morgan fingerprint density at radius 1 is 1.43 bits per heavy atom. The first-order chi connectivity index (χ1) is 6.72. The molecule has 0 spiro atoms. The Hall–Kier alpha value is -0.800. The minimum atomic E-state index is 0.289. The van der Waals surface area contributed by atoms with E-state index < -0.39 is 0 Å². The number of hydrogen-bond donors (Lipinski definition) is 0. The molecule has 1 fully saturated rings. The van der Waals surface area contributed by atoms with Crippen LogP contribution in [0.25, 0.3) is 0 Å². The van der Waals surface area contributed by atoms with Gasteiger partial charge >= 0.3 is 0 Å². The second kappa shape index (κ2) is 3.75. The van der Waals surface area contributed by atoms with Gasteiger partial charge in [0.25, 0.3) is 0 Å². The average Bonchev–Trinajstić information content (AvgIpc) is 2.96. The lowest BCUT2D eigenvalue weighted by molar-refractivity contribution is -0.107. The SMILES string of the molecule is O=CN(c1cc(Cl)c(Cl)cn1)C1CC1. The zero-order valence-corrected chi connectivity index (χ0v) is 8.79. The van der Waals surface area contributed by atoms with E-state index >= 15 is 0 Å². The van der Waals surface area contributed by atoms with Gasteiger partial charge in [-0.15, -0.1) is 0 Å². The van der Waals surface area contributed by atoms with Gasteiger partial charge in [-0.3, -0.25) is 9.69 Å². The largest absolute Gasteiger partial charge is 0.296 e. The quantitative estimate of drug-likeness (QED) is 0.749. The van der Waals surface area contributed by atoms with E-state index in [1.54, 1.807) is 11.0 Å². The lowest BCUT2D eigenvalue weighted by Crippen LogP contribution is -2.24. The fraction of sp³-hybridized carbons (Fsp3) is 0.333. The number of nitrogens with zero attached hydrogens (tertiary/aromatic N) is 2. The molecule has 1 aromatic heterocycles. The van der Waals surface area contributed by atoms with Gasteiger partial charge in [-0.05, 0) is 12.8 Å². The summed E-state index contributed by atoms with van der Waals surface area (Å²) in [5.41, 5.74) is 0. The van der Waals surface area contributed by atoms with Gasteiger partial charge in [0.05, 0.1) is 10.0 Å². The normalized spacial score (nSPS) is 15.3. The molecule has 0 bridgehead atoms. The van der Waals surface area contributed by atoms with Crippen LogP contribution in [0, 0.1) is 0 Å². The number of anilines is 1. The number of rotatable bonds is 3. The van der Waals surface area contributed by atoms with Crippen molar-refractivity contribution in [2.24, 2.45) is 0 Å². The van der Waals surface area contributed by atoms with Gasteiger partial charge in [0.1, 0.15) is 5.82 Å². The fourth-order valence-corrected chi connectivity index (χ4v) is 1.47. The minimum absolute atomic E-state index is 0.289. The molecule has 5 heteroatoms. The highest BCUT2D eigenvalue weighted by molar-refractivity contribution is 6.42. The Bertz CT molecular complexity index is 366. The lowest BCUT2D eigenvalue weighted by atomic mass is 10.4. The third-order valence-electron chi connectivity index (χ3n) is 2.11. The summed E-state index contributed by atoms with van der Waals surface area (Å²) in [6.45, 7) is 0. The van der Waals surface area contributed by atoms with Gasteiger partial charge in [-0.1, -0.05) is 23.2 Å². The van der Waals surface area contributed by atoms with Crippen molar-refractivity contribution in [1.29, 1.82) is 0 Å². The first kappa shape index (κ1) is 9.74. The predicted octanol–water partition coefficient (Wildman–Crippen LogP) is 2.51. The molecular weight excluding hydrogens is 223 g/mol. The summed E-state index contributed by atoms with van der Waals surface area (Å²) in [5.74, 6) is 0.567. The first-order valence-corrected chi connectivity index (χ1v) is 5.02. The van der Waals surface area contributed by atoms with Gasteiger partial charge in [-0.2, -0.15) is 0 Å². The van der Waals surface area contributed by atoms with Crippen molar-refractivity contribution in [3.8, 4) is 0 Å². The maximum atomic E-state index is 10.8. The molecule has 1 heterocycles. The summed E-state index contributed by atoms with van der Waals surface area (Å²) < 4.78 is 0. The van der Waals surface area contributed by atoms with Crippen molar-refractivity contribution in [3.05, 3.63) is 22.3 Å². The van der Waals surface area contributed by atoms with E-state index in [1.807, 2.05) is 0 Å². The highest BCUT2D eigenvalue weighted by atomic mass is 35.5. The topological polar surface area (TPSA) is 33.2 Å². The summed E-state index contributed by atoms with van der Waals surface area (Å²) in [6, 6.07) is 1.90. The van der Waals surface area contributed by atoms with E-state index in [4.69, 9.17) is 23.2 Å². The zero-order chi connectivity index (χ0) is 10.1. The van der Waals surface area contributed by atoms with Crippen LogP contribution >= 0.6 is 23.2 Å². The lowest BCUT2D eigenvalue weighted by Gasteiger charge is -2.15. The molecule has 74 valence electrons. The second-order valence-electron chi connectivity index (χ2n) is 3.20. The van der Waals surface area contributed by atoms with E-state index in [2.05, 4.69) is 4.98 Å². The van der Waals surface area contributed by atoms with Crippen LogP contribution in [0.15, 0.2) is 12.3 Å². The van der Waals surface area contributed by atoms with Gasteiger partial charge in [0, 0.05) is 18.3 Å². The van der Waals surface area contributed by atoms with Gasteiger partial charge in [-0.25, -0.2) is 4.98 Å². The van der Waals surface area contributed by atoms with Crippen molar-refractivity contribution in [2.75, 3.05) is 4.90 Å². The number of halogens is 2. The number of carbonyl (C=O) groups is 1. The molecule has 1 saturated carbocycles.